The van der Waals surface area contributed by atoms with Crippen molar-refractivity contribution in [2.24, 2.45) is 0 Å². The molecule has 1 aromatic rings. The fourth-order valence-electron chi connectivity index (χ4n) is 1.57. The molecule has 0 saturated heterocycles. The van der Waals surface area contributed by atoms with Gasteiger partial charge in [0.15, 0.2) is 0 Å². The predicted octanol–water partition coefficient (Wildman–Crippen LogP) is 3.02. The molecule has 0 N–H and O–H groups in total. The van der Waals surface area contributed by atoms with Crippen molar-refractivity contribution in [1.82, 2.24) is 0 Å². The maximum atomic E-state index is 10.8. The van der Waals surface area contributed by atoms with Gasteiger partial charge in [0, 0.05) is 12.1 Å². The van der Waals surface area contributed by atoms with Crippen molar-refractivity contribution in [3.63, 3.8) is 0 Å². The van der Waals surface area contributed by atoms with Gasteiger partial charge in [-0.2, -0.15) is 0 Å². The molecule has 0 radical (unpaired) electrons. The zero-order chi connectivity index (χ0) is 12.3. The van der Waals surface area contributed by atoms with Crippen LogP contribution in [0, 0.1) is 20.2 Å². The fraction of sp³-hybridized carbons (Fsp3) is 0.400. The van der Waals surface area contributed by atoms with Crippen LogP contribution in [0.3, 0.4) is 0 Å². The van der Waals surface area contributed by atoms with Crippen molar-refractivity contribution < 1.29 is 9.85 Å². The van der Waals surface area contributed by atoms with Crippen LogP contribution in [0.1, 0.15) is 31.7 Å². The lowest BCUT2D eigenvalue weighted by atomic mass is 9.95. The summed E-state index contributed by atoms with van der Waals surface area (Å²) in [7, 11) is 0. The second-order valence-corrected chi connectivity index (χ2v) is 3.53. The Bertz CT molecular complexity index is 399. The van der Waals surface area contributed by atoms with Gasteiger partial charge < -0.3 is 0 Å². The monoisotopic (exact) mass is 224 g/mol. The first-order chi connectivity index (χ1) is 7.49. The summed E-state index contributed by atoms with van der Waals surface area (Å²) in [5, 5.41) is 21.6. The van der Waals surface area contributed by atoms with E-state index in [1.807, 2.05) is 6.92 Å². The Morgan fingerprint density at radius 3 is 1.94 bits per heavy atom. The van der Waals surface area contributed by atoms with Crippen LogP contribution in [0.5, 0.6) is 0 Å². The smallest absolute Gasteiger partial charge is 0.258 e. The average Bonchev–Trinajstić information content (AvgIpc) is 2.26. The Morgan fingerprint density at radius 1 is 1.19 bits per heavy atom. The lowest BCUT2D eigenvalue weighted by Crippen LogP contribution is -2.03. The number of nitro groups is 2. The van der Waals surface area contributed by atoms with Crippen LogP contribution in [0.15, 0.2) is 18.2 Å². The van der Waals surface area contributed by atoms with Crippen LogP contribution in [-0.4, -0.2) is 9.85 Å². The molecule has 0 aliphatic rings. The fourth-order valence-corrected chi connectivity index (χ4v) is 1.57. The van der Waals surface area contributed by atoms with Crippen LogP contribution >= 0.6 is 0 Å². The molecule has 0 aliphatic carbocycles. The van der Waals surface area contributed by atoms with Crippen LogP contribution < -0.4 is 0 Å². The topological polar surface area (TPSA) is 86.3 Å². The third kappa shape index (κ3) is 2.16. The van der Waals surface area contributed by atoms with Crippen LogP contribution in [0.2, 0.25) is 0 Å². The van der Waals surface area contributed by atoms with E-state index in [1.165, 1.54) is 18.2 Å². The SMILES string of the molecule is CCC(C)c1c([N+](=O)[O-])cccc1[N+](=O)[O-]. The molecular formula is C10H12N2O4. The molecule has 0 bridgehead atoms. The first kappa shape index (κ1) is 12.1. The minimum absolute atomic E-state index is 0.177. The summed E-state index contributed by atoms with van der Waals surface area (Å²) in [5.41, 5.74) is -0.146. The van der Waals surface area contributed by atoms with Crippen LogP contribution in [-0.2, 0) is 0 Å². The highest BCUT2D eigenvalue weighted by atomic mass is 16.6. The first-order valence-electron chi connectivity index (χ1n) is 4.90. The van der Waals surface area contributed by atoms with Gasteiger partial charge in [0.1, 0.15) is 5.56 Å². The summed E-state index contributed by atoms with van der Waals surface area (Å²) in [6.07, 6.45) is 0.617. The first-order valence-corrected chi connectivity index (χ1v) is 4.90. The van der Waals surface area contributed by atoms with Gasteiger partial charge in [-0.1, -0.05) is 13.8 Å². The van der Waals surface area contributed by atoms with Gasteiger partial charge in [0.2, 0.25) is 0 Å². The van der Waals surface area contributed by atoms with Gasteiger partial charge in [-0.25, -0.2) is 0 Å². The standard InChI is InChI=1S/C10H12N2O4/c1-3-7(2)10-8(11(13)14)5-4-6-9(10)12(15)16/h4-7H,3H2,1-2H3. The zero-order valence-corrected chi connectivity index (χ0v) is 9.04. The molecular weight excluding hydrogens is 212 g/mol. The number of hydrogen-bond acceptors (Lipinski definition) is 4. The minimum atomic E-state index is -0.575. The third-order valence-corrected chi connectivity index (χ3v) is 2.56. The Kier molecular flexibility index (Phi) is 3.55. The molecule has 1 unspecified atom stereocenters. The minimum Gasteiger partial charge on any atom is -0.258 e. The van der Waals surface area contributed by atoms with E-state index in [-0.39, 0.29) is 22.9 Å². The molecule has 0 fully saturated rings. The lowest BCUT2D eigenvalue weighted by Gasteiger charge is -2.09. The largest absolute Gasteiger partial charge is 0.279 e. The zero-order valence-electron chi connectivity index (χ0n) is 9.04. The molecule has 1 atom stereocenters. The van der Waals surface area contributed by atoms with E-state index in [0.29, 0.717) is 6.42 Å². The van der Waals surface area contributed by atoms with E-state index in [1.54, 1.807) is 6.92 Å². The van der Waals surface area contributed by atoms with Gasteiger partial charge in [-0.05, 0) is 18.4 Å². The van der Waals surface area contributed by atoms with Crippen LogP contribution in [0.4, 0.5) is 11.4 Å². The maximum Gasteiger partial charge on any atom is 0.279 e. The van der Waals surface area contributed by atoms with E-state index >= 15 is 0 Å². The molecule has 6 nitrogen and oxygen atoms in total. The highest BCUT2D eigenvalue weighted by molar-refractivity contribution is 5.55. The second kappa shape index (κ2) is 4.69. The summed E-state index contributed by atoms with van der Waals surface area (Å²) in [5.74, 6) is -0.206. The maximum absolute atomic E-state index is 10.8. The van der Waals surface area contributed by atoms with Crippen LogP contribution in [0.25, 0.3) is 0 Å². The Morgan fingerprint density at radius 2 is 1.62 bits per heavy atom. The molecule has 86 valence electrons. The second-order valence-electron chi connectivity index (χ2n) is 3.53. The Labute approximate surface area is 92.2 Å². The van der Waals surface area contributed by atoms with Crippen molar-refractivity contribution in [2.75, 3.05) is 0 Å². The predicted molar refractivity (Wildman–Crippen MR) is 58.5 cm³/mol. The summed E-state index contributed by atoms with van der Waals surface area (Å²) in [6, 6.07) is 3.94. The number of hydrogen-bond donors (Lipinski definition) is 0. The normalized spacial score (nSPS) is 12.1. The van der Waals surface area contributed by atoms with Crippen molar-refractivity contribution in [2.45, 2.75) is 26.2 Å². The lowest BCUT2D eigenvalue weighted by molar-refractivity contribution is -0.395. The van der Waals surface area contributed by atoms with E-state index in [9.17, 15) is 20.2 Å². The molecule has 0 amide bonds. The van der Waals surface area contributed by atoms with Gasteiger partial charge in [-0.15, -0.1) is 0 Å². The summed E-state index contributed by atoms with van der Waals surface area (Å²) in [4.78, 5) is 20.5. The molecule has 0 saturated carbocycles. The molecule has 1 rings (SSSR count). The number of nitro benzene ring substituents is 2. The Hall–Kier alpha value is -1.98. The van der Waals surface area contributed by atoms with Crippen molar-refractivity contribution in [3.8, 4) is 0 Å². The van der Waals surface area contributed by atoms with E-state index in [2.05, 4.69) is 0 Å². The van der Waals surface area contributed by atoms with E-state index in [0.717, 1.165) is 0 Å². The quantitative estimate of drug-likeness (QED) is 0.581. The molecule has 1 aromatic carbocycles. The average molecular weight is 224 g/mol. The van der Waals surface area contributed by atoms with Gasteiger partial charge in [0.25, 0.3) is 11.4 Å². The van der Waals surface area contributed by atoms with Gasteiger partial charge in [0.05, 0.1) is 9.85 Å². The highest BCUT2D eigenvalue weighted by Crippen LogP contribution is 2.35. The number of benzene rings is 1. The van der Waals surface area contributed by atoms with E-state index < -0.39 is 9.85 Å². The van der Waals surface area contributed by atoms with Gasteiger partial charge in [-0.3, -0.25) is 20.2 Å². The summed E-state index contributed by atoms with van der Waals surface area (Å²) < 4.78 is 0. The highest BCUT2D eigenvalue weighted by Gasteiger charge is 2.27. The Balaban J connectivity index is 3.46. The third-order valence-electron chi connectivity index (χ3n) is 2.56. The molecule has 16 heavy (non-hydrogen) atoms. The van der Waals surface area contributed by atoms with Crippen molar-refractivity contribution in [3.05, 3.63) is 44.0 Å². The summed E-state index contributed by atoms with van der Waals surface area (Å²) >= 11 is 0. The van der Waals surface area contributed by atoms with Crippen molar-refractivity contribution >= 4 is 11.4 Å². The van der Waals surface area contributed by atoms with E-state index in [4.69, 9.17) is 0 Å². The molecule has 0 heterocycles. The molecule has 0 spiro atoms. The molecule has 0 aliphatic heterocycles. The number of nitrogens with zero attached hydrogens (tertiary/aromatic N) is 2. The van der Waals surface area contributed by atoms with Gasteiger partial charge >= 0.3 is 0 Å². The molecule has 0 aromatic heterocycles. The number of rotatable bonds is 4. The van der Waals surface area contributed by atoms with Crippen molar-refractivity contribution in [1.29, 1.82) is 0 Å². The summed E-state index contributed by atoms with van der Waals surface area (Å²) in [6.45, 7) is 3.58. The molecule has 6 heteroatoms.